The predicted molar refractivity (Wildman–Crippen MR) is 70.3 cm³/mol. The normalized spacial score (nSPS) is 16.3. The second kappa shape index (κ2) is 6.03. The molecule has 0 radical (unpaired) electrons. The molecule has 1 aromatic rings. The van der Waals surface area contributed by atoms with Crippen molar-refractivity contribution >= 4 is 0 Å². The molecule has 3 heteroatoms. The Bertz CT molecular complexity index is 333. The summed E-state index contributed by atoms with van der Waals surface area (Å²) in [6, 6.07) is 8.07. The molecule has 0 aliphatic heterocycles. The monoisotopic (exact) mass is 237 g/mol. The van der Waals surface area contributed by atoms with Crippen molar-refractivity contribution in [3.05, 3.63) is 29.8 Å². The topological polar surface area (TPSA) is 55.5 Å². The van der Waals surface area contributed by atoms with Crippen molar-refractivity contribution in [3.8, 4) is 5.75 Å². The van der Waals surface area contributed by atoms with Crippen LogP contribution in [0.15, 0.2) is 24.3 Å². The van der Waals surface area contributed by atoms with Crippen molar-refractivity contribution in [1.82, 2.24) is 0 Å². The van der Waals surface area contributed by atoms with E-state index in [9.17, 15) is 0 Å². The van der Waals surface area contributed by atoms with Crippen molar-refractivity contribution in [3.63, 3.8) is 0 Å². The van der Waals surface area contributed by atoms with Gasteiger partial charge in [-0.05, 0) is 37.0 Å². The Morgan fingerprint density at radius 2 is 1.94 bits per heavy atom. The third-order valence-corrected chi connectivity index (χ3v) is 2.99. The summed E-state index contributed by atoms with van der Waals surface area (Å²) in [4.78, 5) is 0. The molecule has 0 saturated carbocycles. The zero-order chi connectivity index (χ0) is 12.9. The fourth-order valence-corrected chi connectivity index (χ4v) is 1.42. The summed E-state index contributed by atoms with van der Waals surface area (Å²) >= 11 is 0. The molecule has 1 rings (SSSR count). The summed E-state index contributed by atoms with van der Waals surface area (Å²) in [5, 5.41) is 9.02. The van der Waals surface area contributed by atoms with Gasteiger partial charge in [0.1, 0.15) is 12.4 Å². The van der Waals surface area contributed by atoms with Gasteiger partial charge in [-0.15, -0.1) is 0 Å². The number of hydrogen-bond acceptors (Lipinski definition) is 3. The molecule has 0 spiro atoms. The number of ether oxygens (including phenoxy) is 1. The van der Waals surface area contributed by atoms with E-state index in [0.717, 1.165) is 12.2 Å². The van der Waals surface area contributed by atoms with E-state index in [-0.39, 0.29) is 6.61 Å². The minimum absolute atomic E-state index is 0.0854. The molecule has 0 amide bonds. The van der Waals surface area contributed by atoms with Crippen LogP contribution >= 0.6 is 0 Å². The van der Waals surface area contributed by atoms with E-state index in [1.54, 1.807) is 6.92 Å². The van der Waals surface area contributed by atoms with Gasteiger partial charge < -0.3 is 15.6 Å². The first-order chi connectivity index (χ1) is 7.98. The summed E-state index contributed by atoms with van der Waals surface area (Å²) < 4.78 is 5.55. The molecule has 0 aromatic heterocycles. The van der Waals surface area contributed by atoms with Gasteiger partial charge in [0, 0.05) is 0 Å². The van der Waals surface area contributed by atoms with E-state index < -0.39 is 5.54 Å². The molecule has 0 fully saturated rings. The summed E-state index contributed by atoms with van der Waals surface area (Å²) in [6.07, 6.45) is 1.13. The van der Waals surface area contributed by atoms with Crippen LogP contribution in [0.4, 0.5) is 0 Å². The zero-order valence-electron chi connectivity index (χ0n) is 10.9. The van der Waals surface area contributed by atoms with Gasteiger partial charge in [0.25, 0.3) is 0 Å². The zero-order valence-corrected chi connectivity index (χ0v) is 10.9. The van der Waals surface area contributed by atoms with Crippen LogP contribution in [0.3, 0.4) is 0 Å². The third kappa shape index (κ3) is 4.36. The van der Waals surface area contributed by atoms with E-state index >= 15 is 0 Å². The molecule has 2 atom stereocenters. The molecule has 0 saturated heterocycles. The fraction of sp³-hybridized carbons (Fsp3) is 0.571. The van der Waals surface area contributed by atoms with Crippen LogP contribution in [-0.2, 0) is 0 Å². The molecule has 3 nitrogen and oxygen atoms in total. The van der Waals surface area contributed by atoms with Gasteiger partial charge in [-0.2, -0.15) is 0 Å². The van der Waals surface area contributed by atoms with Crippen LogP contribution in [0.25, 0.3) is 0 Å². The molecule has 3 N–H and O–H groups in total. The number of hydrogen-bond donors (Lipinski definition) is 2. The molecule has 0 heterocycles. The van der Waals surface area contributed by atoms with Gasteiger partial charge in [0.15, 0.2) is 0 Å². The van der Waals surface area contributed by atoms with Crippen molar-refractivity contribution in [2.75, 3.05) is 13.2 Å². The Kier molecular flexibility index (Phi) is 4.97. The van der Waals surface area contributed by atoms with Crippen LogP contribution in [0.2, 0.25) is 0 Å². The minimum Gasteiger partial charge on any atom is -0.492 e. The molecule has 1 aromatic carbocycles. The fourth-order valence-electron chi connectivity index (χ4n) is 1.42. The Labute approximate surface area is 104 Å². The largest absolute Gasteiger partial charge is 0.492 e. The number of nitrogens with two attached hydrogens (primary N) is 1. The van der Waals surface area contributed by atoms with Crippen LogP contribution in [0.5, 0.6) is 5.75 Å². The summed E-state index contributed by atoms with van der Waals surface area (Å²) in [5.74, 6) is 1.36. The molecular formula is C14H23NO2. The predicted octanol–water partition coefficient (Wildman–Crippen LogP) is 2.29. The highest BCUT2D eigenvalue weighted by Crippen LogP contribution is 2.21. The standard InChI is InChI=1S/C14H23NO2/c1-4-11(2)12-5-7-13(8-6-12)17-10-14(3,15)9-16/h5-8,11,16H,4,9-10,15H2,1-3H3. The Balaban J connectivity index is 2.57. The summed E-state index contributed by atoms with van der Waals surface area (Å²) in [5.41, 5.74) is 6.42. The van der Waals surface area contributed by atoms with E-state index in [4.69, 9.17) is 15.6 Å². The van der Waals surface area contributed by atoms with Crippen LogP contribution in [-0.4, -0.2) is 23.9 Å². The molecule has 0 aliphatic rings. The average Bonchev–Trinajstić information content (AvgIpc) is 2.36. The first-order valence-electron chi connectivity index (χ1n) is 6.11. The van der Waals surface area contributed by atoms with Crippen molar-refractivity contribution in [1.29, 1.82) is 0 Å². The molecule has 0 aliphatic carbocycles. The lowest BCUT2D eigenvalue weighted by molar-refractivity contribution is 0.146. The smallest absolute Gasteiger partial charge is 0.119 e. The maximum absolute atomic E-state index is 9.02. The molecule has 17 heavy (non-hydrogen) atoms. The van der Waals surface area contributed by atoms with Gasteiger partial charge in [0.05, 0.1) is 12.1 Å². The molecular weight excluding hydrogens is 214 g/mol. The van der Waals surface area contributed by atoms with Gasteiger partial charge in [-0.1, -0.05) is 26.0 Å². The first-order valence-corrected chi connectivity index (χ1v) is 6.11. The second-order valence-electron chi connectivity index (χ2n) is 4.98. The number of aliphatic hydroxyl groups excluding tert-OH is 1. The molecule has 0 bridgehead atoms. The van der Waals surface area contributed by atoms with Crippen molar-refractivity contribution in [2.24, 2.45) is 5.73 Å². The summed E-state index contributed by atoms with van der Waals surface area (Å²) in [6.45, 7) is 6.37. The highest BCUT2D eigenvalue weighted by atomic mass is 16.5. The maximum Gasteiger partial charge on any atom is 0.119 e. The minimum atomic E-state index is -0.685. The SMILES string of the molecule is CCC(C)c1ccc(OCC(C)(N)CO)cc1. The molecule has 2 unspecified atom stereocenters. The van der Waals surface area contributed by atoms with Crippen LogP contribution < -0.4 is 10.5 Å². The average molecular weight is 237 g/mol. The van der Waals surface area contributed by atoms with Crippen molar-refractivity contribution < 1.29 is 9.84 Å². The van der Waals surface area contributed by atoms with Gasteiger partial charge in [0.2, 0.25) is 0 Å². The van der Waals surface area contributed by atoms with Gasteiger partial charge >= 0.3 is 0 Å². The van der Waals surface area contributed by atoms with Crippen LogP contribution in [0, 0.1) is 0 Å². The Morgan fingerprint density at radius 1 is 1.35 bits per heavy atom. The second-order valence-corrected chi connectivity index (χ2v) is 4.98. The Morgan fingerprint density at radius 3 is 2.41 bits per heavy atom. The quantitative estimate of drug-likeness (QED) is 0.798. The lowest BCUT2D eigenvalue weighted by atomic mass is 9.99. The molecule has 96 valence electrons. The summed E-state index contributed by atoms with van der Waals surface area (Å²) in [7, 11) is 0. The van der Waals surface area contributed by atoms with Gasteiger partial charge in [-0.3, -0.25) is 0 Å². The van der Waals surface area contributed by atoms with Crippen molar-refractivity contribution in [2.45, 2.75) is 38.6 Å². The lowest BCUT2D eigenvalue weighted by Crippen LogP contribution is -2.45. The van der Waals surface area contributed by atoms with E-state index in [1.165, 1.54) is 5.56 Å². The number of aliphatic hydroxyl groups is 1. The Hall–Kier alpha value is -1.06. The highest BCUT2D eigenvalue weighted by Gasteiger charge is 2.17. The first kappa shape index (κ1) is 14.0. The third-order valence-electron chi connectivity index (χ3n) is 2.99. The van der Waals surface area contributed by atoms with E-state index in [0.29, 0.717) is 12.5 Å². The number of rotatable bonds is 6. The van der Waals surface area contributed by atoms with Crippen LogP contribution in [0.1, 0.15) is 38.7 Å². The van der Waals surface area contributed by atoms with Gasteiger partial charge in [-0.25, -0.2) is 0 Å². The lowest BCUT2D eigenvalue weighted by Gasteiger charge is -2.22. The highest BCUT2D eigenvalue weighted by molar-refractivity contribution is 5.29. The van der Waals surface area contributed by atoms with E-state index in [1.807, 2.05) is 12.1 Å². The maximum atomic E-state index is 9.02. The van der Waals surface area contributed by atoms with E-state index in [2.05, 4.69) is 26.0 Å². The number of benzene rings is 1.